The van der Waals surface area contributed by atoms with Crippen molar-refractivity contribution in [1.29, 1.82) is 0 Å². The van der Waals surface area contributed by atoms with Crippen LogP contribution in [0.2, 0.25) is 0 Å². The highest BCUT2D eigenvalue weighted by Gasteiger charge is 2.14. The van der Waals surface area contributed by atoms with Crippen molar-refractivity contribution < 1.29 is 9.45 Å². The Morgan fingerprint density at radius 3 is 2.88 bits per heavy atom. The highest BCUT2D eigenvalue weighted by molar-refractivity contribution is 5.63. The monoisotopic (exact) mass is 234 g/mol. The van der Waals surface area contributed by atoms with Gasteiger partial charge in [-0.1, -0.05) is 11.2 Å². The molecule has 1 aromatic heterocycles. The zero-order valence-electron chi connectivity index (χ0n) is 9.08. The molecule has 0 atom stereocenters. The van der Waals surface area contributed by atoms with Crippen molar-refractivity contribution >= 4 is 5.69 Å². The maximum Gasteiger partial charge on any atom is 0.270 e. The lowest BCUT2D eigenvalue weighted by atomic mass is 10.1. The zero-order chi connectivity index (χ0) is 12.4. The Morgan fingerprint density at radius 2 is 2.29 bits per heavy atom. The minimum atomic E-state index is -0.465. The van der Waals surface area contributed by atoms with E-state index in [-0.39, 0.29) is 12.2 Å². The van der Waals surface area contributed by atoms with Crippen LogP contribution in [0.5, 0.6) is 0 Å². The van der Waals surface area contributed by atoms with Crippen molar-refractivity contribution in [3.8, 4) is 11.4 Å². The van der Waals surface area contributed by atoms with Crippen LogP contribution < -0.4 is 5.73 Å². The van der Waals surface area contributed by atoms with E-state index in [1.807, 2.05) is 6.92 Å². The first kappa shape index (κ1) is 11.2. The van der Waals surface area contributed by atoms with Gasteiger partial charge in [-0.15, -0.1) is 0 Å². The lowest BCUT2D eigenvalue weighted by Crippen LogP contribution is -1.96. The molecule has 0 aliphatic heterocycles. The molecule has 0 radical (unpaired) electrons. The molecule has 2 aromatic rings. The molecule has 0 aliphatic rings. The number of benzene rings is 1. The second-order valence-corrected chi connectivity index (χ2v) is 3.47. The van der Waals surface area contributed by atoms with E-state index in [1.54, 1.807) is 6.07 Å². The number of nitro benzene ring substituents is 1. The van der Waals surface area contributed by atoms with Crippen LogP contribution in [0.4, 0.5) is 5.69 Å². The van der Waals surface area contributed by atoms with E-state index in [1.165, 1.54) is 12.1 Å². The molecular weight excluding hydrogens is 224 g/mol. The maximum absolute atomic E-state index is 10.7. The van der Waals surface area contributed by atoms with E-state index in [2.05, 4.69) is 10.1 Å². The normalized spacial score (nSPS) is 10.5. The molecule has 0 saturated heterocycles. The molecule has 0 saturated carbocycles. The summed E-state index contributed by atoms with van der Waals surface area (Å²) in [6.07, 6.45) is 0. The fourth-order valence-electron chi connectivity index (χ4n) is 1.41. The SMILES string of the molecule is Cc1ccc([N+](=O)[O-])cc1-c1noc(CN)n1. The minimum Gasteiger partial charge on any atom is -0.338 e. The number of nitro groups is 1. The first-order valence-electron chi connectivity index (χ1n) is 4.90. The third-order valence-electron chi connectivity index (χ3n) is 2.32. The molecule has 2 rings (SSSR count). The van der Waals surface area contributed by atoms with Crippen LogP contribution in [0.1, 0.15) is 11.5 Å². The molecule has 0 fully saturated rings. The number of nitrogens with two attached hydrogens (primary N) is 1. The lowest BCUT2D eigenvalue weighted by molar-refractivity contribution is -0.384. The predicted octanol–water partition coefficient (Wildman–Crippen LogP) is 1.41. The van der Waals surface area contributed by atoms with Crippen LogP contribution in [0.25, 0.3) is 11.4 Å². The molecule has 0 amide bonds. The van der Waals surface area contributed by atoms with Gasteiger partial charge in [-0.05, 0) is 12.5 Å². The third kappa shape index (κ3) is 2.13. The molecule has 7 heteroatoms. The fourth-order valence-corrected chi connectivity index (χ4v) is 1.41. The van der Waals surface area contributed by atoms with Gasteiger partial charge in [-0.2, -0.15) is 4.98 Å². The lowest BCUT2D eigenvalue weighted by Gasteiger charge is -1.99. The summed E-state index contributed by atoms with van der Waals surface area (Å²) >= 11 is 0. The van der Waals surface area contributed by atoms with Crippen LogP contribution in [0, 0.1) is 17.0 Å². The van der Waals surface area contributed by atoms with Gasteiger partial charge in [-0.25, -0.2) is 0 Å². The topological polar surface area (TPSA) is 108 Å². The summed E-state index contributed by atoms with van der Waals surface area (Å²) in [6.45, 7) is 1.96. The van der Waals surface area contributed by atoms with Gasteiger partial charge in [0.25, 0.3) is 5.69 Å². The largest absolute Gasteiger partial charge is 0.338 e. The highest BCUT2D eigenvalue weighted by atomic mass is 16.6. The number of nitrogens with zero attached hydrogens (tertiary/aromatic N) is 3. The van der Waals surface area contributed by atoms with Gasteiger partial charge in [0, 0.05) is 17.7 Å². The number of aryl methyl sites for hydroxylation is 1. The van der Waals surface area contributed by atoms with Crippen LogP contribution in [-0.2, 0) is 6.54 Å². The van der Waals surface area contributed by atoms with Crippen LogP contribution in [0.3, 0.4) is 0 Å². The Morgan fingerprint density at radius 1 is 1.53 bits per heavy atom. The van der Waals surface area contributed by atoms with E-state index in [0.29, 0.717) is 17.3 Å². The van der Waals surface area contributed by atoms with Crippen molar-refractivity contribution in [2.24, 2.45) is 5.73 Å². The second-order valence-electron chi connectivity index (χ2n) is 3.47. The number of non-ortho nitro benzene ring substituents is 1. The van der Waals surface area contributed by atoms with Crippen molar-refractivity contribution in [2.75, 3.05) is 0 Å². The van der Waals surface area contributed by atoms with Gasteiger partial charge >= 0.3 is 0 Å². The van der Waals surface area contributed by atoms with Crippen molar-refractivity contribution in [2.45, 2.75) is 13.5 Å². The molecule has 0 bridgehead atoms. The van der Waals surface area contributed by atoms with Crippen molar-refractivity contribution in [3.63, 3.8) is 0 Å². The first-order valence-corrected chi connectivity index (χ1v) is 4.90. The molecule has 0 spiro atoms. The Kier molecular flexibility index (Phi) is 2.84. The summed E-state index contributed by atoms with van der Waals surface area (Å²) in [5.41, 5.74) is 6.75. The van der Waals surface area contributed by atoms with Crippen molar-refractivity contribution in [3.05, 3.63) is 39.8 Å². The molecule has 0 aliphatic carbocycles. The van der Waals surface area contributed by atoms with E-state index in [4.69, 9.17) is 10.3 Å². The van der Waals surface area contributed by atoms with Gasteiger partial charge in [0.05, 0.1) is 11.5 Å². The number of rotatable bonds is 3. The Labute approximate surface area is 96.4 Å². The summed E-state index contributed by atoms with van der Waals surface area (Å²) in [5, 5.41) is 14.4. The highest BCUT2D eigenvalue weighted by Crippen LogP contribution is 2.25. The van der Waals surface area contributed by atoms with E-state index in [9.17, 15) is 10.1 Å². The quantitative estimate of drug-likeness (QED) is 0.635. The number of hydrogen-bond donors (Lipinski definition) is 1. The molecule has 88 valence electrons. The molecule has 17 heavy (non-hydrogen) atoms. The molecule has 2 N–H and O–H groups in total. The van der Waals surface area contributed by atoms with E-state index >= 15 is 0 Å². The fraction of sp³-hybridized carbons (Fsp3) is 0.200. The van der Waals surface area contributed by atoms with Gasteiger partial charge in [0.2, 0.25) is 11.7 Å². The summed E-state index contributed by atoms with van der Waals surface area (Å²) in [5.74, 6) is 0.609. The van der Waals surface area contributed by atoms with Crippen LogP contribution in [-0.4, -0.2) is 15.1 Å². The van der Waals surface area contributed by atoms with Crippen molar-refractivity contribution in [1.82, 2.24) is 10.1 Å². The molecule has 1 heterocycles. The molecule has 0 unspecified atom stereocenters. The Balaban J connectivity index is 2.49. The number of hydrogen-bond acceptors (Lipinski definition) is 6. The molecule has 1 aromatic carbocycles. The molecular formula is C10H10N4O3. The average Bonchev–Trinajstić information content (AvgIpc) is 2.77. The Bertz CT molecular complexity index is 564. The van der Waals surface area contributed by atoms with Gasteiger partial charge < -0.3 is 10.3 Å². The maximum atomic E-state index is 10.7. The summed E-state index contributed by atoms with van der Waals surface area (Å²) in [7, 11) is 0. The standard InChI is InChI=1S/C10H10N4O3/c1-6-2-3-7(14(15)16)4-8(6)10-12-9(5-11)17-13-10/h2-4H,5,11H2,1H3. The Hall–Kier alpha value is -2.28. The summed E-state index contributed by atoms with van der Waals surface area (Å²) in [6, 6.07) is 4.50. The van der Waals surface area contributed by atoms with Crippen LogP contribution in [0.15, 0.2) is 22.7 Å². The average molecular weight is 234 g/mol. The third-order valence-corrected chi connectivity index (χ3v) is 2.32. The first-order chi connectivity index (χ1) is 8.11. The minimum absolute atomic E-state index is 0.00954. The van der Waals surface area contributed by atoms with E-state index in [0.717, 1.165) is 5.56 Å². The van der Waals surface area contributed by atoms with E-state index < -0.39 is 4.92 Å². The molecule has 7 nitrogen and oxygen atoms in total. The van der Waals surface area contributed by atoms with Crippen LogP contribution >= 0.6 is 0 Å². The zero-order valence-corrected chi connectivity index (χ0v) is 9.08. The summed E-state index contributed by atoms with van der Waals surface area (Å²) in [4.78, 5) is 14.2. The number of aromatic nitrogens is 2. The van der Waals surface area contributed by atoms with Gasteiger partial charge in [0.15, 0.2) is 0 Å². The predicted molar refractivity (Wildman–Crippen MR) is 59.0 cm³/mol. The second kappa shape index (κ2) is 4.30. The summed E-state index contributed by atoms with van der Waals surface area (Å²) < 4.78 is 4.87. The van der Waals surface area contributed by atoms with Gasteiger partial charge in [-0.3, -0.25) is 10.1 Å². The van der Waals surface area contributed by atoms with Gasteiger partial charge in [0.1, 0.15) is 0 Å². The smallest absolute Gasteiger partial charge is 0.270 e.